The number of nitrogens with one attached hydrogen (secondary N) is 1. The average molecular weight is 279 g/mol. The molecule has 4 rings (SSSR count). The highest BCUT2D eigenvalue weighted by atomic mass is 15.0. The van der Waals surface area contributed by atoms with Crippen LogP contribution in [0, 0.1) is 5.92 Å². The maximum absolute atomic E-state index is 4.55. The van der Waals surface area contributed by atoms with E-state index in [1.165, 1.54) is 36.6 Å². The second-order valence-corrected chi connectivity index (χ2v) is 6.15. The third-order valence-corrected chi connectivity index (χ3v) is 4.91. The Kier molecular flexibility index (Phi) is 3.26. The number of imidazole rings is 1. The van der Waals surface area contributed by atoms with E-state index in [0.717, 1.165) is 18.3 Å². The van der Waals surface area contributed by atoms with E-state index < -0.39 is 0 Å². The first kappa shape index (κ1) is 12.7. The van der Waals surface area contributed by atoms with Crippen LogP contribution in [0.4, 0.5) is 0 Å². The second kappa shape index (κ2) is 5.40. The van der Waals surface area contributed by atoms with E-state index in [1.54, 1.807) is 0 Å². The molecule has 1 saturated carbocycles. The molecule has 1 aliphatic carbocycles. The number of H-pyrrole nitrogens is 1. The van der Waals surface area contributed by atoms with E-state index in [0.29, 0.717) is 5.92 Å². The van der Waals surface area contributed by atoms with E-state index in [-0.39, 0.29) is 0 Å². The van der Waals surface area contributed by atoms with Crippen LogP contribution in [-0.4, -0.2) is 14.5 Å². The molecule has 0 radical (unpaired) electrons. The van der Waals surface area contributed by atoms with Crippen LogP contribution in [0.5, 0.6) is 0 Å². The second-order valence-electron chi connectivity index (χ2n) is 6.15. The van der Waals surface area contributed by atoms with Crippen molar-refractivity contribution in [1.29, 1.82) is 0 Å². The molecule has 1 fully saturated rings. The molecule has 1 unspecified atom stereocenters. The Bertz CT molecular complexity index is 705. The zero-order chi connectivity index (χ0) is 14.1. The number of hydrogen-bond acceptors (Lipinski definition) is 1. The number of nitrogens with zero attached hydrogens (tertiary/aromatic N) is 2. The Morgan fingerprint density at radius 3 is 2.86 bits per heavy atom. The Hall–Kier alpha value is -2.03. The standard InChI is InChI=1S/C18H21N3/c1-2-6-14(5-1)16(18-19-10-11-20-18)13-21-12-9-15-7-3-4-8-17(15)21/h3-4,7-12,14,16H,1-2,5-6,13H2,(H,19,20). The molecule has 2 aromatic heterocycles. The molecule has 0 bridgehead atoms. The summed E-state index contributed by atoms with van der Waals surface area (Å²) < 4.78 is 2.39. The first-order valence-electron chi connectivity index (χ1n) is 7.95. The molecule has 108 valence electrons. The topological polar surface area (TPSA) is 33.6 Å². The first-order chi connectivity index (χ1) is 10.4. The number of benzene rings is 1. The van der Waals surface area contributed by atoms with Crippen molar-refractivity contribution < 1.29 is 0 Å². The Morgan fingerprint density at radius 1 is 1.19 bits per heavy atom. The number of fused-ring (bicyclic) bond motifs is 1. The summed E-state index contributed by atoms with van der Waals surface area (Å²) in [5.74, 6) is 2.41. The molecule has 0 saturated heterocycles. The smallest absolute Gasteiger partial charge is 0.111 e. The first-order valence-corrected chi connectivity index (χ1v) is 7.95. The van der Waals surface area contributed by atoms with Crippen LogP contribution in [0.2, 0.25) is 0 Å². The molecule has 3 nitrogen and oxygen atoms in total. The van der Waals surface area contributed by atoms with Gasteiger partial charge in [0.1, 0.15) is 5.82 Å². The predicted molar refractivity (Wildman–Crippen MR) is 85.2 cm³/mol. The summed E-state index contributed by atoms with van der Waals surface area (Å²) in [6.07, 6.45) is 11.5. The van der Waals surface area contributed by atoms with Gasteiger partial charge < -0.3 is 9.55 Å². The van der Waals surface area contributed by atoms with Crippen LogP contribution in [0.15, 0.2) is 48.9 Å². The lowest BCUT2D eigenvalue weighted by molar-refractivity contribution is 0.379. The van der Waals surface area contributed by atoms with Crippen molar-refractivity contribution in [3.8, 4) is 0 Å². The van der Waals surface area contributed by atoms with E-state index in [9.17, 15) is 0 Å². The molecule has 3 aromatic rings. The molecular weight excluding hydrogens is 258 g/mol. The molecule has 21 heavy (non-hydrogen) atoms. The largest absolute Gasteiger partial charge is 0.348 e. The van der Waals surface area contributed by atoms with Gasteiger partial charge in [-0.05, 0) is 36.3 Å². The summed E-state index contributed by atoms with van der Waals surface area (Å²) in [4.78, 5) is 7.90. The Labute approximate surface area is 125 Å². The third kappa shape index (κ3) is 2.37. The molecule has 2 heterocycles. The van der Waals surface area contributed by atoms with Gasteiger partial charge in [-0.25, -0.2) is 4.98 Å². The molecule has 0 aliphatic heterocycles. The normalized spacial score (nSPS) is 17.5. The van der Waals surface area contributed by atoms with Crippen molar-refractivity contribution >= 4 is 10.9 Å². The van der Waals surface area contributed by atoms with Gasteiger partial charge in [-0.3, -0.25) is 0 Å². The molecule has 0 spiro atoms. The zero-order valence-corrected chi connectivity index (χ0v) is 12.2. The van der Waals surface area contributed by atoms with Crippen molar-refractivity contribution in [2.24, 2.45) is 5.92 Å². The summed E-state index contributed by atoms with van der Waals surface area (Å²) in [5.41, 5.74) is 1.33. The van der Waals surface area contributed by atoms with E-state index in [1.807, 2.05) is 12.4 Å². The van der Waals surface area contributed by atoms with Crippen molar-refractivity contribution in [3.05, 3.63) is 54.7 Å². The summed E-state index contributed by atoms with van der Waals surface area (Å²) >= 11 is 0. The molecule has 1 N–H and O–H groups in total. The highest BCUT2D eigenvalue weighted by molar-refractivity contribution is 5.79. The van der Waals surface area contributed by atoms with E-state index >= 15 is 0 Å². The minimum absolute atomic E-state index is 0.498. The predicted octanol–water partition coefficient (Wildman–Crippen LogP) is 4.34. The van der Waals surface area contributed by atoms with Crippen LogP contribution >= 0.6 is 0 Å². The summed E-state index contributed by atoms with van der Waals surface area (Å²) in [5, 5.41) is 1.32. The van der Waals surface area contributed by atoms with E-state index in [4.69, 9.17) is 0 Å². The van der Waals surface area contributed by atoms with Gasteiger partial charge in [0.15, 0.2) is 0 Å². The van der Waals surface area contributed by atoms with Crippen molar-refractivity contribution in [2.45, 2.75) is 38.1 Å². The van der Waals surface area contributed by atoms with Crippen molar-refractivity contribution in [1.82, 2.24) is 14.5 Å². The summed E-state index contributed by atoms with van der Waals surface area (Å²) in [6.45, 7) is 1.02. The quantitative estimate of drug-likeness (QED) is 0.757. The minimum atomic E-state index is 0.498. The fourth-order valence-electron chi connectivity index (χ4n) is 3.81. The van der Waals surface area contributed by atoms with Gasteiger partial charge in [0.25, 0.3) is 0 Å². The maximum atomic E-state index is 4.55. The molecule has 1 atom stereocenters. The number of hydrogen-bond donors (Lipinski definition) is 1. The fraction of sp³-hybridized carbons (Fsp3) is 0.389. The number of aromatic amines is 1. The lowest BCUT2D eigenvalue weighted by atomic mass is 9.90. The van der Waals surface area contributed by atoms with Gasteiger partial charge in [-0.2, -0.15) is 0 Å². The van der Waals surface area contributed by atoms with Gasteiger partial charge in [-0.1, -0.05) is 31.0 Å². The van der Waals surface area contributed by atoms with Crippen LogP contribution in [0.3, 0.4) is 0 Å². The summed E-state index contributed by atoms with van der Waals surface area (Å²) in [6, 6.07) is 10.8. The Morgan fingerprint density at radius 2 is 2.05 bits per heavy atom. The Balaban J connectivity index is 1.68. The maximum Gasteiger partial charge on any atom is 0.111 e. The lowest BCUT2D eigenvalue weighted by Gasteiger charge is -2.22. The van der Waals surface area contributed by atoms with Crippen LogP contribution in [0.1, 0.15) is 37.4 Å². The van der Waals surface area contributed by atoms with Gasteiger partial charge in [0, 0.05) is 36.6 Å². The third-order valence-electron chi connectivity index (χ3n) is 4.91. The van der Waals surface area contributed by atoms with Gasteiger partial charge in [0.2, 0.25) is 0 Å². The molecule has 1 aromatic carbocycles. The molecule has 1 aliphatic rings. The highest BCUT2D eigenvalue weighted by Crippen LogP contribution is 2.37. The van der Waals surface area contributed by atoms with Gasteiger partial charge >= 0.3 is 0 Å². The molecular formula is C18H21N3. The SMILES string of the molecule is c1ccc2c(c1)ccn2CC(c1ncc[nH]1)C1CCCC1. The van der Waals surface area contributed by atoms with Gasteiger partial charge in [0.05, 0.1) is 0 Å². The van der Waals surface area contributed by atoms with E-state index in [2.05, 4.69) is 51.1 Å². The van der Waals surface area contributed by atoms with Crippen molar-refractivity contribution in [2.75, 3.05) is 0 Å². The highest BCUT2D eigenvalue weighted by Gasteiger charge is 2.28. The summed E-state index contributed by atoms with van der Waals surface area (Å²) in [7, 11) is 0. The molecule has 3 heteroatoms. The number of aromatic nitrogens is 3. The monoisotopic (exact) mass is 279 g/mol. The van der Waals surface area contributed by atoms with Crippen LogP contribution in [-0.2, 0) is 6.54 Å². The van der Waals surface area contributed by atoms with Crippen LogP contribution in [0.25, 0.3) is 10.9 Å². The zero-order valence-electron chi connectivity index (χ0n) is 12.2. The molecule has 0 amide bonds. The fourth-order valence-corrected chi connectivity index (χ4v) is 3.81. The number of rotatable bonds is 4. The minimum Gasteiger partial charge on any atom is -0.348 e. The van der Waals surface area contributed by atoms with Crippen LogP contribution < -0.4 is 0 Å². The average Bonchev–Trinajstić information content (AvgIpc) is 3.26. The van der Waals surface area contributed by atoms with Crippen molar-refractivity contribution in [3.63, 3.8) is 0 Å². The lowest BCUT2D eigenvalue weighted by Crippen LogP contribution is -2.17. The number of para-hydroxylation sites is 1. The van der Waals surface area contributed by atoms with Gasteiger partial charge in [-0.15, -0.1) is 0 Å².